The Morgan fingerprint density at radius 2 is 1.94 bits per heavy atom. The van der Waals surface area contributed by atoms with Gasteiger partial charge in [-0.2, -0.15) is 13.2 Å². The quantitative estimate of drug-likeness (QED) is 0.572. The Balaban J connectivity index is 3.51. The number of benzene rings is 1. The molecule has 0 radical (unpaired) electrons. The molecular weight excluding hydrogens is 332 g/mol. The molecular formula is C9H4BrCl2F3O. The van der Waals surface area contributed by atoms with Gasteiger partial charge in [0.1, 0.15) is 0 Å². The molecule has 0 aliphatic heterocycles. The van der Waals surface area contributed by atoms with E-state index in [0.29, 0.717) is 0 Å². The molecule has 0 atom stereocenters. The lowest BCUT2D eigenvalue weighted by molar-refractivity contribution is -0.137. The predicted octanol–water partition coefficient (Wildman–Crippen LogP) is 4.54. The molecule has 16 heavy (non-hydrogen) atoms. The highest BCUT2D eigenvalue weighted by atomic mass is 79.9. The summed E-state index contributed by atoms with van der Waals surface area (Å²) < 4.78 is 38.0. The largest absolute Gasteiger partial charge is 0.417 e. The number of hydrogen-bond donors (Lipinski definition) is 0. The number of carbonyl (C=O) groups excluding carboxylic acids is 1. The van der Waals surface area contributed by atoms with Crippen LogP contribution in [0.15, 0.2) is 16.6 Å². The van der Waals surface area contributed by atoms with Crippen LogP contribution in [0.3, 0.4) is 0 Å². The van der Waals surface area contributed by atoms with Gasteiger partial charge in [-0.15, -0.1) is 11.6 Å². The fraction of sp³-hybridized carbons (Fsp3) is 0.222. The number of rotatable bonds is 2. The topological polar surface area (TPSA) is 17.1 Å². The Labute approximate surface area is 108 Å². The van der Waals surface area contributed by atoms with Gasteiger partial charge in [0, 0.05) is 10.0 Å². The normalized spacial score (nSPS) is 11.6. The van der Waals surface area contributed by atoms with E-state index >= 15 is 0 Å². The molecule has 0 aliphatic carbocycles. The molecule has 7 heteroatoms. The molecule has 0 bridgehead atoms. The third kappa shape index (κ3) is 2.90. The van der Waals surface area contributed by atoms with Crippen molar-refractivity contribution in [2.45, 2.75) is 6.18 Å². The fourth-order valence-corrected chi connectivity index (χ4v) is 2.20. The summed E-state index contributed by atoms with van der Waals surface area (Å²) in [5.41, 5.74) is -1.68. The van der Waals surface area contributed by atoms with E-state index in [4.69, 9.17) is 23.2 Å². The van der Waals surface area contributed by atoms with Gasteiger partial charge in [0.2, 0.25) is 0 Å². The number of alkyl halides is 4. The van der Waals surface area contributed by atoms with Gasteiger partial charge in [0.05, 0.1) is 16.5 Å². The lowest BCUT2D eigenvalue weighted by Crippen LogP contribution is -2.14. The number of hydrogen-bond acceptors (Lipinski definition) is 1. The van der Waals surface area contributed by atoms with Gasteiger partial charge >= 0.3 is 6.18 Å². The van der Waals surface area contributed by atoms with Gasteiger partial charge in [-0.25, -0.2) is 0 Å². The molecule has 0 amide bonds. The summed E-state index contributed by atoms with van der Waals surface area (Å²) in [5, 5.41) is -0.271. The minimum absolute atomic E-state index is 0.149. The Morgan fingerprint density at radius 3 is 2.38 bits per heavy atom. The van der Waals surface area contributed by atoms with Crippen molar-refractivity contribution >= 4 is 44.9 Å². The third-order valence-corrected chi connectivity index (χ3v) is 2.76. The molecule has 0 aliphatic rings. The average Bonchev–Trinajstić information content (AvgIpc) is 2.14. The van der Waals surface area contributed by atoms with E-state index in [0.717, 1.165) is 6.07 Å². The first-order valence-corrected chi connectivity index (χ1v) is 5.63. The van der Waals surface area contributed by atoms with Crippen LogP contribution in [0, 0.1) is 0 Å². The summed E-state index contributed by atoms with van der Waals surface area (Å²) in [6.07, 6.45) is -4.65. The Kier molecular flexibility index (Phi) is 4.26. The smallest absolute Gasteiger partial charge is 0.293 e. The van der Waals surface area contributed by atoms with Crippen LogP contribution in [-0.4, -0.2) is 11.7 Å². The van der Waals surface area contributed by atoms with Gasteiger partial charge in [-0.3, -0.25) is 4.79 Å². The van der Waals surface area contributed by atoms with E-state index in [1.807, 2.05) is 0 Å². The molecule has 0 saturated carbocycles. The van der Waals surface area contributed by atoms with Crippen LogP contribution >= 0.6 is 39.1 Å². The summed E-state index contributed by atoms with van der Waals surface area (Å²) in [5.74, 6) is -1.41. The van der Waals surface area contributed by atoms with Crippen LogP contribution in [0.2, 0.25) is 5.02 Å². The summed E-state index contributed by atoms with van der Waals surface area (Å²) in [4.78, 5) is 11.3. The maximum absolute atomic E-state index is 12.6. The monoisotopic (exact) mass is 334 g/mol. The molecule has 0 aromatic heterocycles. The summed E-state index contributed by atoms with van der Waals surface area (Å²) in [7, 11) is 0. The van der Waals surface area contributed by atoms with Crippen molar-refractivity contribution in [1.29, 1.82) is 0 Å². The second-order valence-electron chi connectivity index (χ2n) is 2.86. The molecule has 1 aromatic carbocycles. The predicted molar refractivity (Wildman–Crippen MR) is 59.2 cm³/mol. The molecule has 0 unspecified atom stereocenters. The molecule has 0 fully saturated rings. The summed E-state index contributed by atoms with van der Waals surface area (Å²) in [6, 6.07) is 2.02. The second kappa shape index (κ2) is 4.94. The number of Topliss-reactive ketones (excluding diaryl/α,β-unsaturated/α-hetero) is 1. The van der Waals surface area contributed by atoms with Gasteiger partial charge in [0.15, 0.2) is 5.78 Å². The molecule has 88 valence electrons. The standard InChI is InChI=1S/C9H4BrCl2F3O/c10-4-1-5(9(13,14)15)8(6(12)2-4)7(16)3-11/h1-2H,3H2. The highest BCUT2D eigenvalue weighted by molar-refractivity contribution is 9.10. The lowest BCUT2D eigenvalue weighted by Gasteiger charge is -2.13. The van der Waals surface area contributed by atoms with Gasteiger partial charge < -0.3 is 0 Å². The zero-order valence-electron chi connectivity index (χ0n) is 7.54. The highest BCUT2D eigenvalue weighted by Crippen LogP contribution is 2.37. The number of carbonyl (C=O) groups is 1. The van der Waals surface area contributed by atoms with Crippen LogP contribution in [-0.2, 0) is 6.18 Å². The molecule has 0 saturated heterocycles. The Morgan fingerprint density at radius 1 is 1.38 bits per heavy atom. The summed E-state index contributed by atoms with van der Waals surface area (Å²) in [6.45, 7) is 0. The van der Waals surface area contributed by atoms with E-state index in [-0.39, 0.29) is 9.50 Å². The lowest BCUT2D eigenvalue weighted by atomic mass is 10.0. The zero-order chi connectivity index (χ0) is 12.5. The molecule has 0 N–H and O–H groups in total. The fourth-order valence-electron chi connectivity index (χ4n) is 1.15. The van der Waals surface area contributed by atoms with Crippen molar-refractivity contribution in [3.63, 3.8) is 0 Å². The zero-order valence-corrected chi connectivity index (χ0v) is 10.6. The van der Waals surface area contributed by atoms with Gasteiger partial charge in [0.25, 0.3) is 0 Å². The van der Waals surface area contributed by atoms with E-state index in [9.17, 15) is 18.0 Å². The van der Waals surface area contributed by atoms with Crippen LogP contribution in [0.1, 0.15) is 15.9 Å². The average molecular weight is 336 g/mol. The third-order valence-electron chi connectivity index (χ3n) is 1.76. The Hall–Kier alpha value is -0.260. The minimum atomic E-state index is -4.65. The van der Waals surface area contributed by atoms with Crippen LogP contribution in [0.5, 0.6) is 0 Å². The van der Waals surface area contributed by atoms with Crippen LogP contribution < -0.4 is 0 Å². The minimum Gasteiger partial charge on any atom is -0.293 e. The number of halogens is 6. The van der Waals surface area contributed by atoms with Crippen molar-refractivity contribution in [3.05, 3.63) is 32.8 Å². The molecule has 1 rings (SSSR count). The Bertz CT molecular complexity index is 431. The number of ketones is 1. The van der Waals surface area contributed by atoms with Gasteiger partial charge in [-0.1, -0.05) is 27.5 Å². The maximum atomic E-state index is 12.6. The molecule has 0 heterocycles. The summed E-state index contributed by atoms with van der Waals surface area (Å²) >= 11 is 13.7. The molecule has 1 aromatic rings. The first-order chi connectivity index (χ1) is 7.27. The van der Waals surface area contributed by atoms with Crippen molar-refractivity contribution in [3.8, 4) is 0 Å². The van der Waals surface area contributed by atoms with Gasteiger partial charge in [-0.05, 0) is 12.1 Å². The second-order valence-corrected chi connectivity index (χ2v) is 4.45. The first kappa shape index (κ1) is 13.8. The van der Waals surface area contributed by atoms with E-state index in [1.165, 1.54) is 6.07 Å². The van der Waals surface area contributed by atoms with Crippen molar-refractivity contribution < 1.29 is 18.0 Å². The van der Waals surface area contributed by atoms with Crippen molar-refractivity contribution in [1.82, 2.24) is 0 Å². The highest BCUT2D eigenvalue weighted by Gasteiger charge is 2.36. The van der Waals surface area contributed by atoms with E-state index in [1.54, 1.807) is 0 Å². The molecule has 0 spiro atoms. The van der Waals surface area contributed by atoms with E-state index < -0.39 is 29.0 Å². The van der Waals surface area contributed by atoms with Crippen molar-refractivity contribution in [2.75, 3.05) is 5.88 Å². The maximum Gasteiger partial charge on any atom is 0.417 e. The molecule has 1 nitrogen and oxygen atoms in total. The SMILES string of the molecule is O=C(CCl)c1c(Cl)cc(Br)cc1C(F)(F)F. The van der Waals surface area contributed by atoms with E-state index in [2.05, 4.69) is 15.9 Å². The first-order valence-electron chi connectivity index (χ1n) is 3.92. The van der Waals surface area contributed by atoms with Crippen LogP contribution in [0.25, 0.3) is 0 Å². The van der Waals surface area contributed by atoms with Crippen LogP contribution in [0.4, 0.5) is 13.2 Å². The van der Waals surface area contributed by atoms with Crippen molar-refractivity contribution in [2.24, 2.45) is 0 Å².